The van der Waals surface area contributed by atoms with Gasteiger partial charge in [0.25, 0.3) is 5.91 Å². The van der Waals surface area contributed by atoms with Gasteiger partial charge >= 0.3 is 5.97 Å². The van der Waals surface area contributed by atoms with Crippen LogP contribution in [0.3, 0.4) is 0 Å². The molecule has 1 amide bonds. The Kier molecular flexibility index (Phi) is 9.40. The van der Waals surface area contributed by atoms with E-state index in [1.165, 1.54) is 28.8 Å². The van der Waals surface area contributed by atoms with Gasteiger partial charge in [-0.2, -0.15) is 5.10 Å². The Hall–Kier alpha value is -4.92. The van der Waals surface area contributed by atoms with Crippen LogP contribution in [0.15, 0.2) is 79.1 Å². The average molecular weight is 650 g/mol. The SMILES string of the molecule is CCOC(=O)Cc1ccc(N2CCC(Cn3cc(C)c4ccc(NC(=O)c5cnn(C(C)(C)C)c5-c5ccc(F)cc5)cc43)CC2)cc1. The highest BCUT2D eigenvalue weighted by molar-refractivity contribution is 6.08. The average Bonchev–Trinajstić information content (AvgIpc) is 3.64. The molecule has 1 fully saturated rings. The van der Waals surface area contributed by atoms with Gasteiger partial charge in [0.15, 0.2) is 0 Å². The van der Waals surface area contributed by atoms with Crippen molar-refractivity contribution in [3.8, 4) is 11.3 Å². The zero-order chi connectivity index (χ0) is 34.0. The van der Waals surface area contributed by atoms with Crippen molar-refractivity contribution in [2.45, 2.75) is 66.0 Å². The molecule has 1 aliphatic heterocycles. The first-order valence-corrected chi connectivity index (χ1v) is 16.7. The van der Waals surface area contributed by atoms with Gasteiger partial charge in [-0.15, -0.1) is 0 Å². The molecule has 0 atom stereocenters. The van der Waals surface area contributed by atoms with Gasteiger partial charge < -0.3 is 19.5 Å². The number of aromatic nitrogens is 3. The quantitative estimate of drug-likeness (QED) is 0.164. The van der Waals surface area contributed by atoms with Crippen LogP contribution in [0.1, 0.15) is 62.0 Å². The van der Waals surface area contributed by atoms with Crippen LogP contribution in [0.2, 0.25) is 0 Å². The van der Waals surface area contributed by atoms with Gasteiger partial charge in [0.1, 0.15) is 5.82 Å². The zero-order valence-corrected chi connectivity index (χ0v) is 28.4. The van der Waals surface area contributed by atoms with Crippen molar-refractivity contribution < 1.29 is 18.7 Å². The molecule has 1 aliphatic rings. The minimum Gasteiger partial charge on any atom is -0.466 e. The molecule has 0 radical (unpaired) electrons. The molecular formula is C39H44FN5O3. The van der Waals surface area contributed by atoms with Gasteiger partial charge in [0, 0.05) is 48.2 Å². The number of carbonyl (C=O) groups excluding carboxylic acids is 2. The van der Waals surface area contributed by atoms with E-state index in [-0.39, 0.29) is 23.2 Å². The van der Waals surface area contributed by atoms with E-state index < -0.39 is 0 Å². The largest absolute Gasteiger partial charge is 0.466 e. The molecule has 0 aliphatic carbocycles. The number of halogens is 1. The minimum atomic E-state index is -0.383. The molecule has 3 heterocycles. The van der Waals surface area contributed by atoms with E-state index in [0.29, 0.717) is 35.9 Å². The Morgan fingerprint density at radius 2 is 1.71 bits per heavy atom. The van der Waals surface area contributed by atoms with E-state index in [1.54, 1.807) is 18.3 Å². The van der Waals surface area contributed by atoms with Gasteiger partial charge in [-0.3, -0.25) is 14.3 Å². The van der Waals surface area contributed by atoms with E-state index in [0.717, 1.165) is 49.1 Å². The summed E-state index contributed by atoms with van der Waals surface area (Å²) in [6, 6.07) is 20.5. The summed E-state index contributed by atoms with van der Waals surface area (Å²) in [6.45, 7) is 13.3. The molecule has 3 aromatic carbocycles. The number of aryl methyl sites for hydroxylation is 1. The van der Waals surface area contributed by atoms with Gasteiger partial charge in [0.05, 0.1) is 41.5 Å². The fourth-order valence-electron chi connectivity index (χ4n) is 6.67. The number of anilines is 2. The van der Waals surface area contributed by atoms with Crippen LogP contribution in [-0.4, -0.2) is 45.9 Å². The molecule has 5 aromatic rings. The van der Waals surface area contributed by atoms with Crippen LogP contribution in [0.5, 0.6) is 0 Å². The van der Waals surface area contributed by atoms with Crippen LogP contribution in [0, 0.1) is 18.7 Å². The summed E-state index contributed by atoms with van der Waals surface area (Å²) >= 11 is 0. The maximum atomic E-state index is 13.8. The maximum absolute atomic E-state index is 13.8. The number of fused-ring (bicyclic) bond motifs is 1. The predicted octanol–water partition coefficient (Wildman–Crippen LogP) is 7.98. The lowest BCUT2D eigenvalue weighted by molar-refractivity contribution is -0.142. The number of rotatable bonds is 9. The summed E-state index contributed by atoms with van der Waals surface area (Å²) in [5.41, 5.74) is 6.58. The van der Waals surface area contributed by atoms with Crippen molar-refractivity contribution in [2.24, 2.45) is 5.92 Å². The lowest BCUT2D eigenvalue weighted by Gasteiger charge is -2.34. The second-order valence-electron chi connectivity index (χ2n) is 13.7. The van der Waals surface area contributed by atoms with Crippen molar-refractivity contribution in [2.75, 3.05) is 29.9 Å². The van der Waals surface area contributed by atoms with E-state index in [9.17, 15) is 14.0 Å². The monoisotopic (exact) mass is 649 g/mol. The molecule has 0 saturated carbocycles. The molecule has 8 nitrogen and oxygen atoms in total. The molecule has 0 bridgehead atoms. The number of benzene rings is 3. The summed E-state index contributed by atoms with van der Waals surface area (Å²) < 4.78 is 23.0. The van der Waals surface area contributed by atoms with E-state index in [1.807, 2.05) is 50.6 Å². The van der Waals surface area contributed by atoms with E-state index in [4.69, 9.17) is 4.74 Å². The molecule has 1 saturated heterocycles. The first kappa shape index (κ1) is 33.0. The topological polar surface area (TPSA) is 81.4 Å². The van der Waals surface area contributed by atoms with E-state index >= 15 is 0 Å². The van der Waals surface area contributed by atoms with Crippen molar-refractivity contribution in [3.05, 3.63) is 102 Å². The molecule has 250 valence electrons. The number of piperidine rings is 1. The molecule has 6 rings (SSSR count). The molecule has 0 unspecified atom stereocenters. The van der Waals surface area contributed by atoms with Crippen molar-refractivity contribution in [3.63, 3.8) is 0 Å². The van der Waals surface area contributed by atoms with Gasteiger partial charge in [-0.05, 0) is 113 Å². The van der Waals surface area contributed by atoms with Crippen LogP contribution < -0.4 is 10.2 Å². The van der Waals surface area contributed by atoms with Crippen molar-refractivity contribution >= 4 is 34.2 Å². The Bertz CT molecular complexity index is 1910. The third-order valence-corrected chi connectivity index (χ3v) is 9.13. The second kappa shape index (κ2) is 13.7. The number of nitrogens with one attached hydrogen (secondary N) is 1. The van der Waals surface area contributed by atoms with Crippen LogP contribution in [-0.2, 0) is 28.0 Å². The fourth-order valence-corrected chi connectivity index (χ4v) is 6.67. The highest BCUT2D eigenvalue weighted by Gasteiger charge is 2.26. The lowest BCUT2D eigenvalue weighted by Crippen LogP contribution is -2.34. The zero-order valence-electron chi connectivity index (χ0n) is 28.4. The summed E-state index contributed by atoms with van der Waals surface area (Å²) in [4.78, 5) is 28.0. The van der Waals surface area contributed by atoms with Crippen molar-refractivity contribution in [1.82, 2.24) is 14.3 Å². The smallest absolute Gasteiger partial charge is 0.310 e. The molecule has 1 N–H and O–H groups in total. The Morgan fingerprint density at radius 3 is 2.38 bits per heavy atom. The van der Waals surface area contributed by atoms with Gasteiger partial charge in [0.2, 0.25) is 0 Å². The summed E-state index contributed by atoms with van der Waals surface area (Å²) in [6.07, 6.45) is 6.25. The Balaban J connectivity index is 1.15. The van der Waals surface area contributed by atoms with E-state index in [2.05, 4.69) is 57.3 Å². The molecule has 9 heteroatoms. The number of hydrogen-bond acceptors (Lipinski definition) is 5. The predicted molar refractivity (Wildman–Crippen MR) is 189 cm³/mol. The van der Waals surface area contributed by atoms with Gasteiger partial charge in [-0.1, -0.05) is 18.2 Å². The van der Waals surface area contributed by atoms with Crippen LogP contribution in [0.25, 0.3) is 22.2 Å². The molecule has 2 aromatic heterocycles. The number of amides is 1. The lowest BCUT2D eigenvalue weighted by atomic mass is 9.96. The normalized spacial score (nSPS) is 14.0. The summed E-state index contributed by atoms with van der Waals surface area (Å²) in [5, 5.41) is 8.84. The molecule has 48 heavy (non-hydrogen) atoms. The summed E-state index contributed by atoms with van der Waals surface area (Å²) in [5.74, 6) is -0.265. The summed E-state index contributed by atoms with van der Waals surface area (Å²) in [7, 11) is 0. The number of hydrogen-bond donors (Lipinski definition) is 1. The van der Waals surface area contributed by atoms with Gasteiger partial charge in [-0.25, -0.2) is 4.39 Å². The highest BCUT2D eigenvalue weighted by Crippen LogP contribution is 2.32. The molecular weight excluding hydrogens is 605 g/mol. The fraction of sp³-hybridized carbons (Fsp3) is 0.359. The van der Waals surface area contributed by atoms with Crippen LogP contribution >= 0.6 is 0 Å². The number of ether oxygens (including phenoxy) is 1. The number of nitrogens with zero attached hydrogens (tertiary/aromatic N) is 4. The second-order valence-corrected chi connectivity index (χ2v) is 13.7. The maximum Gasteiger partial charge on any atom is 0.310 e. The van der Waals surface area contributed by atoms with Crippen molar-refractivity contribution in [1.29, 1.82) is 0 Å². The highest BCUT2D eigenvalue weighted by atomic mass is 19.1. The molecule has 0 spiro atoms. The Labute approximate surface area is 281 Å². The first-order valence-electron chi connectivity index (χ1n) is 16.7. The van der Waals surface area contributed by atoms with Crippen LogP contribution in [0.4, 0.5) is 15.8 Å². The third kappa shape index (κ3) is 7.15. The first-order chi connectivity index (χ1) is 23.0. The minimum absolute atomic E-state index is 0.197. The number of esters is 1. The number of carbonyl (C=O) groups is 2. The standard InChI is InChI=1S/C39H44FN5O3/c1-6-48-36(46)21-27-7-14-32(15-8-27)43-19-17-28(18-20-43)25-44-24-26(2)33-16-13-31(22-35(33)44)42-38(47)34-23-41-45(39(3,4)5)37(34)29-9-11-30(40)12-10-29/h7-16,22-24,28H,6,17-21,25H2,1-5H3,(H,42,47). The Morgan fingerprint density at radius 1 is 1.00 bits per heavy atom. The third-order valence-electron chi connectivity index (χ3n) is 9.13.